The summed E-state index contributed by atoms with van der Waals surface area (Å²) in [4.78, 5) is 10.5. The molecule has 0 spiro atoms. The predicted molar refractivity (Wildman–Crippen MR) is 111 cm³/mol. The molecule has 0 saturated heterocycles. The number of aliphatic hydroxyl groups excluding tert-OH is 3. The van der Waals surface area contributed by atoms with E-state index in [1.807, 2.05) is 42.5 Å². The Morgan fingerprint density at radius 2 is 1.93 bits per heavy atom. The van der Waals surface area contributed by atoms with Crippen molar-refractivity contribution in [1.29, 1.82) is 0 Å². The van der Waals surface area contributed by atoms with Crippen LogP contribution in [-0.4, -0.2) is 51.3 Å². The summed E-state index contributed by atoms with van der Waals surface area (Å²) in [7, 11) is 0. The maximum Gasteiger partial charge on any atom is 0.303 e. The zero-order chi connectivity index (χ0) is 21.1. The van der Waals surface area contributed by atoms with Crippen molar-refractivity contribution in [2.45, 2.75) is 56.8 Å². The standard InChI is InChI=1S/C23H32O6/c24-17(14-15-29-18-8-4-3-5-9-18)12-13-20-19(21(25)16-22(20)26)10-6-1-2-7-11-23(27)28/h1,3-6,8-9,12-13,17,19-22,24-26H,2,7,10-11,14-16H2,(H,27,28)/b6-1+,13-12+. The second-order valence-electron chi connectivity index (χ2n) is 7.51. The molecule has 29 heavy (non-hydrogen) atoms. The average Bonchev–Trinajstić information content (AvgIpc) is 2.96. The van der Waals surface area contributed by atoms with E-state index in [0.29, 0.717) is 38.7 Å². The summed E-state index contributed by atoms with van der Waals surface area (Å²) < 4.78 is 5.58. The second-order valence-corrected chi connectivity index (χ2v) is 7.51. The minimum Gasteiger partial charge on any atom is -0.493 e. The highest BCUT2D eigenvalue weighted by atomic mass is 16.5. The number of rotatable bonds is 12. The van der Waals surface area contributed by atoms with E-state index in [9.17, 15) is 20.1 Å². The molecule has 1 aliphatic carbocycles. The number of benzene rings is 1. The van der Waals surface area contributed by atoms with Gasteiger partial charge in [0.05, 0.1) is 24.9 Å². The van der Waals surface area contributed by atoms with Crippen molar-refractivity contribution in [2.75, 3.05) is 6.61 Å². The fraction of sp³-hybridized carbons (Fsp3) is 0.522. The Morgan fingerprint density at radius 3 is 2.66 bits per heavy atom. The van der Waals surface area contributed by atoms with Gasteiger partial charge in [0.25, 0.3) is 0 Å². The summed E-state index contributed by atoms with van der Waals surface area (Å²) in [5.74, 6) is -0.387. The summed E-state index contributed by atoms with van der Waals surface area (Å²) in [5, 5.41) is 39.3. The zero-order valence-corrected chi connectivity index (χ0v) is 16.6. The van der Waals surface area contributed by atoms with Crippen LogP contribution in [0.1, 0.15) is 38.5 Å². The van der Waals surface area contributed by atoms with Crippen LogP contribution >= 0.6 is 0 Å². The van der Waals surface area contributed by atoms with Crippen molar-refractivity contribution in [1.82, 2.24) is 0 Å². The molecule has 0 bridgehead atoms. The van der Waals surface area contributed by atoms with Gasteiger partial charge in [-0.3, -0.25) is 4.79 Å². The Morgan fingerprint density at radius 1 is 1.17 bits per heavy atom. The molecule has 5 atom stereocenters. The number of hydrogen-bond acceptors (Lipinski definition) is 5. The van der Waals surface area contributed by atoms with Crippen LogP contribution in [0.5, 0.6) is 5.75 Å². The molecule has 1 aliphatic rings. The monoisotopic (exact) mass is 404 g/mol. The number of allylic oxidation sites excluding steroid dienone is 2. The summed E-state index contributed by atoms with van der Waals surface area (Å²) in [6.07, 6.45) is 8.19. The van der Waals surface area contributed by atoms with Crippen molar-refractivity contribution >= 4 is 5.97 Å². The number of carboxylic acids is 1. The van der Waals surface area contributed by atoms with Crippen molar-refractivity contribution in [2.24, 2.45) is 11.8 Å². The molecule has 160 valence electrons. The predicted octanol–water partition coefficient (Wildman–Crippen LogP) is 2.93. The molecular formula is C23H32O6. The third-order valence-electron chi connectivity index (χ3n) is 5.23. The highest BCUT2D eigenvalue weighted by Crippen LogP contribution is 2.36. The molecule has 0 heterocycles. The zero-order valence-electron chi connectivity index (χ0n) is 16.6. The second kappa shape index (κ2) is 12.4. The van der Waals surface area contributed by atoms with Crippen molar-refractivity contribution in [3.05, 3.63) is 54.6 Å². The van der Waals surface area contributed by atoms with Crippen LogP contribution < -0.4 is 4.74 Å². The number of carbonyl (C=O) groups is 1. The van der Waals surface area contributed by atoms with Gasteiger partial charge in [-0.1, -0.05) is 42.5 Å². The third-order valence-corrected chi connectivity index (χ3v) is 5.23. The lowest BCUT2D eigenvalue weighted by atomic mass is 9.89. The molecule has 0 aromatic heterocycles. The topological polar surface area (TPSA) is 107 Å². The van der Waals surface area contributed by atoms with E-state index >= 15 is 0 Å². The van der Waals surface area contributed by atoms with E-state index in [0.717, 1.165) is 5.75 Å². The van der Waals surface area contributed by atoms with Gasteiger partial charge < -0.3 is 25.2 Å². The van der Waals surface area contributed by atoms with Crippen LogP contribution in [0, 0.1) is 11.8 Å². The molecule has 2 rings (SSSR count). The van der Waals surface area contributed by atoms with Gasteiger partial charge in [-0.05, 0) is 37.3 Å². The Balaban J connectivity index is 1.77. The SMILES string of the molecule is O=C(O)CCC/C=C/CC1C(O)CC(O)C1/C=C/C(O)CCOc1ccccc1. The third kappa shape index (κ3) is 8.40. The summed E-state index contributed by atoms with van der Waals surface area (Å²) in [5.41, 5.74) is 0. The molecule has 0 radical (unpaired) electrons. The first-order valence-corrected chi connectivity index (χ1v) is 10.2. The van der Waals surface area contributed by atoms with Crippen LogP contribution in [0.3, 0.4) is 0 Å². The molecule has 1 aromatic carbocycles. The van der Waals surface area contributed by atoms with E-state index < -0.39 is 24.3 Å². The molecule has 0 amide bonds. The largest absolute Gasteiger partial charge is 0.493 e. The van der Waals surface area contributed by atoms with E-state index in [-0.39, 0.29) is 18.3 Å². The van der Waals surface area contributed by atoms with Gasteiger partial charge in [0.2, 0.25) is 0 Å². The van der Waals surface area contributed by atoms with Crippen molar-refractivity contribution in [3.8, 4) is 5.75 Å². The van der Waals surface area contributed by atoms with E-state index in [4.69, 9.17) is 9.84 Å². The number of hydrogen-bond donors (Lipinski definition) is 4. The first-order chi connectivity index (χ1) is 14.0. The molecular weight excluding hydrogens is 372 g/mol. The van der Waals surface area contributed by atoms with Crippen LogP contribution in [-0.2, 0) is 4.79 Å². The minimum atomic E-state index is -0.800. The molecule has 1 aromatic rings. The van der Waals surface area contributed by atoms with Gasteiger partial charge in [0, 0.05) is 25.2 Å². The smallest absolute Gasteiger partial charge is 0.303 e. The number of unbranched alkanes of at least 4 members (excludes halogenated alkanes) is 1. The minimum absolute atomic E-state index is 0.121. The summed E-state index contributed by atoms with van der Waals surface area (Å²) >= 11 is 0. The Kier molecular flexibility index (Phi) is 9.91. The first kappa shape index (κ1) is 23.1. The van der Waals surface area contributed by atoms with Crippen molar-refractivity contribution < 1.29 is 30.0 Å². The van der Waals surface area contributed by atoms with Crippen LogP contribution in [0.2, 0.25) is 0 Å². The highest BCUT2D eigenvalue weighted by molar-refractivity contribution is 5.66. The van der Waals surface area contributed by atoms with E-state index in [2.05, 4.69) is 0 Å². The maximum absolute atomic E-state index is 10.5. The summed E-state index contributed by atoms with van der Waals surface area (Å²) in [6.45, 7) is 0.383. The first-order valence-electron chi connectivity index (χ1n) is 10.2. The molecule has 1 fully saturated rings. The lowest BCUT2D eigenvalue weighted by Crippen LogP contribution is -2.20. The van der Waals surface area contributed by atoms with Crippen LogP contribution in [0.4, 0.5) is 0 Å². The van der Waals surface area contributed by atoms with Gasteiger partial charge in [-0.25, -0.2) is 0 Å². The molecule has 5 unspecified atom stereocenters. The fourth-order valence-corrected chi connectivity index (χ4v) is 3.62. The molecule has 6 nitrogen and oxygen atoms in total. The van der Waals surface area contributed by atoms with Gasteiger partial charge in [-0.2, -0.15) is 0 Å². The van der Waals surface area contributed by atoms with E-state index in [1.165, 1.54) is 0 Å². The van der Waals surface area contributed by atoms with Crippen LogP contribution in [0.25, 0.3) is 0 Å². The van der Waals surface area contributed by atoms with Gasteiger partial charge >= 0.3 is 5.97 Å². The lowest BCUT2D eigenvalue weighted by molar-refractivity contribution is -0.137. The molecule has 4 N–H and O–H groups in total. The number of aliphatic hydroxyl groups is 3. The Hall–Kier alpha value is -2.15. The van der Waals surface area contributed by atoms with Crippen LogP contribution in [0.15, 0.2) is 54.6 Å². The van der Waals surface area contributed by atoms with Crippen molar-refractivity contribution in [3.63, 3.8) is 0 Å². The van der Waals surface area contributed by atoms with Gasteiger partial charge in [0.15, 0.2) is 0 Å². The molecule has 0 aliphatic heterocycles. The number of carboxylic acid groups (broad SMARTS) is 1. The lowest BCUT2D eigenvalue weighted by Gasteiger charge is -2.19. The normalized spacial score (nSPS) is 25.6. The quantitative estimate of drug-likeness (QED) is 0.315. The fourth-order valence-electron chi connectivity index (χ4n) is 3.62. The van der Waals surface area contributed by atoms with Gasteiger partial charge in [-0.15, -0.1) is 0 Å². The summed E-state index contributed by atoms with van der Waals surface area (Å²) in [6, 6.07) is 9.41. The Labute approximate surface area is 172 Å². The molecule has 1 saturated carbocycles. The number of para-hydroxylation sites is 1. The van der Waals surface area contributed by atoms with Gasteiger partial charge in [0.1, 0.15) is 5.75 Å². The maximum atomic E-state index is 10.5. The average molecular weight is 405 g/mol. The molecule has 6 heteroatoms. The van der Waals surface area contributed by atoms with E-state index in [1.54, 1.807) is 12.2 Å². The number of aliphatic carboxylic acids is 1. The Bertz CT molecular complexity index is 657. The number of ether oxygens (including phenoxy) is 1. The highest BCUT2D eigenvalue weighted by Gasteiger charge is 2.39.